The smallest absolute Gasteiger partial charge is 0.221 e. The highest BCUT2D eigenvalue weighted by atomic mass is 32.1. The number of amides is 1. The molecule has 0 aliphatic carbocycles. The van der Waals surface area contributed by atoms with Gasteiger partial charge >= 0.3 is 0 Å². The summed E-state index contributed by atoms with van der Waals surface area (Å²) < 4.78 is 9.27. The van der Waals surface area contributed by atoms with Gasteiger partial charge in [-0.2, -0.15) is 10.2 Å². The van der Waals surface area contributed by atoms with E-state index in [1.54, 1.807) is 17.5 Å². The highest BCUT2D eigenvalue weighted by molar-refractivity contribution is 7.13. The van der Waals surface area contributed by atoms with Crippen LogP contribution in [0.2, 0.25) is 0 Å². The molecule has 4 heterocycles. The number of hydrogen-bond acceptors (Lipinski definition) is 6. The molecule has 8 nitrogen and oxygen atoms in total. The Morgan fingerprint density at radius 2 is 2.03 bits per heavy atom. The molecule has 4 aromatic rings. The highest BCUT2D eigenvalue weighted by Crippen LogP contribution is 2.34. The van der Waals surface area contributed by atoms with E-state index in [1.807, 2.05) is 47.6 Å². The minimum Gasteiger partial charge on any atom is -0.356 e. The van der Waals surface area contributed by atoms with Crippen molar-refractivity contribution in [1.82, 2.24) is 30.0 Å². The number of aryl methyl sites for hydroxylation is 3. The van der Waals surface area contributed by atoms with Gasteiger partial charge in [-0.25, -0.2) is 0 Å². The first-order chi connectivity index (χ1) is 14.9. The zero-order valence-corrected chi connectivity index (χ0v) is 19.0. The molecular weight excluding hydrogens is 412 g/mol. The first kappa shape index (κ1) is 21.0. The summed E-state index contributed by atoms with van der Waals surface area (Å²) in [6.45, 7) is 9.59. The number of aromatic nitrogens is 5. The first-order valence-corrected chi connectivity index (χ1v) is 11.1. The molecule has 0 spiro atoms. The Hall–Kier alpha value is -3.20. The van der Waals surface area contributed by atoms with Crippen LogP contribution in [0.3, 0.4) is 0 Å². The zero-order valence-electron chi connectivity index (χ0n) is 18.2. The van der Waals surface area contributed by atoms with Gasteiger partial charge in [0.2, 0.25) is 5.91 Å². The van der Waals surface area contributed by atoms with Gasteiger partial charge in [0, 0.05) is 31.3 Å². The highest BCUT2D eigenvalue weighted by Gasteiger charge is 2.19. The Morgan fingerprint density at radius 3 is 2.68 bits per heavy atom. The SMILES string of the molecule is Cc1cc(-c2cnn(CCNC(=O)CCn3nc(C)c(C)c3C)c2-c2cccs2)on1. The predicted octanol–water partition coefficient (Wildman–Crippen LogP) is 3.90. The Bertz CT molecular complexity index is 1190. The molecule has 4 aromatic heterocycles. The predicted molar refractivity (Wildman–Crippen MR) is 120 cm³/mol. The van der Waals surface area contributed by atoms with E-state index in [9.17, 15) is 4.79 Å². The summed E-state index contributed by atoms with van der Waals surface area (Å²) in [5.41, 5.74) is 5.99. The third kappa shape index (κ3) is 4.46. The van der Waals surface area contributed by atoms with Crippen molar-refractivity contribution in [3.8, 4) is 21.9 Å². The van der Waals surface area contributed by atoms with Crippen LogP contribution in [0.4, 0.5) is 0 Å². The molecule has 4 rings (SSSR count). The lowest BCUT2D eigenvalue weighted by Crippen LogP contribution is -2.28. The zero-order chi connectivity index (χ0) is 22.0. The topological polar surface area (TPSA) is 90.8 Å². The molecule has 0 bridgehead atoms. The number of carbonyl (C=O) groups is 1. The summed E-state index contributed by atoms with van der Waals surface area (Å²) in [7, 11) is 0. The van der Waals surface area contributed by atoms with Crippen LogP contribution in [-0.2, 0) is 17.9 Å². The summed E-state index contributed by atoms with van der Waals surface area (Å²) >= 11 is 1.64. The minimum atomic E-state index is 0.00104. The summed E-state index contributed by atoms with van der Waals surface area (Å²) in [5, 5.41) is 18.1. The van der Waals surface area contributed by atoms with Gasteiger partial charge in [0.05, 0.1) is 40.3 Å². The van der Waals surface area contributed by atoms with E-state index in [2.05, 4.69) is 33.7 Å². The monoisotopic (exact) mass is 438 g/mol. The van der Waals surface area contributed by atoms with Gasteiger partial charge in [-0.05, 0) is 44.7 Å². The van der Waals surface area contributed by atoms with Gasteiger partial charge in [0.25, 0.3) is 0 Å². The fourth-order valence-electron chi connectivity index (χ4n) is 3.50. The number of thiophene rings is 1. The number of nitrogens with zero attached hydrogens (tertiary/aromatic N) is 5. The summed E-state index contributed by atoms with van der Waals surface area (Å²) in [6, 6.07) is 5.97. The Kier molecular flexibility index (Phi) is 6.03. The maximum atomic E-state index is 12.3. The molecule has 0 radical (unpaired) electrons. The molecule has 0 saturated heterocycles. The van der Waals surface area contributed by atoms with Crippen LogP contribution in [0.5, 0.6) is 0 Å². The third-order valence-corrected chi connectivity index (χ3v) is 6.30. The van der Waals surface area contributed by atoms with E-state index in [0.29, 0.717) is 31.8 Å². The molecule has 162 valence electrons. The van der Waals surface area contributed by atoms with Crippen LogP contribution in [0, 0.1) is 27.7 Å². The van der Waals surface area contributed by atoms with Crippen LogP contribution in [0.1, 0.15) is 29.1 Å². The molecule has 0 atom stereocenters. The molecule has 0 fully saturated rings. The number of hydrogen-bond donors (Lipinski definition) is 1. The van der Waals surface area contributed by atoms with Crippen molar-refractivity contribution in [2.75, 3.05) is 6.54 Å². The summed E-state index contributed by atoms with van der Waals surface area (Å²) in [6.07, 6.45) is 2.18. The summed E-state index contributed by atoms with van der Waals surface area (Å²) in [5.74, 6) is 0.692. The van der Waals surface area contributed by atoms with Crippen molar-refractivity contribution < 1.29 is 9.32 Å². The molecule has 1 amide bonds. The van der Waals surface area contributed by atoms with Crippen LogP contribution in [-0.4, -0.2) is 37.2 Å². The fourth-order valence-corrected chi connectivity index (χ4v) is 4.29. The molecular formula is C22H26N6O2S. The minimum absolute atomic E-state index is 0.00104. The normalized spacial score (nSPS) is 11.2. The van der Waals surface area contributed by atoms with Crippen molar-refractivity contribution in [3.63, 3.8) is 0 Å². The Labute approximate surface area is 184 Å². The maximum Gasteiger partial charge on any atom is 0.221 e. The molecule has 0 aliphatic rings. The quantitative estimate of drug-likeness (QED) is 0.450. The fraction of sp³-hybridized carbons (Fsp3) is 0.364. The average Bonchev–Trinajstić information content (AvgIpc) is 3.52. The lowest BCUT2D eigenvalue weighted by Gasteiger charge is -2.10. The second kappa shape index (κ2) is 8.89. The maximum absolute atomic E-state index is 12.3. The average molecular weight is 439 g/mol. The van der Waals surface area contributed by atoms with Crippen molar-refractivity contribution in [2.24, 2.45) is 0 Å². The lowest BCUT2D eigenvalue weighted by atomic mass is 10.1. The molecule has 0 aliphatic heterocycles. The van der Waals surface area contributed by atoms with Crippen molar-refractivity contribution >= 4 is 17.2 Å². The molecule has 1 N–H and O–H groups in total. The van der Waals surface area contributed by atoms with Gasteiger partial charge in [0.15, 0.2) is 5.76 Å². The van der Waals surface area contributed by atoms with E-state index in [4.69, 9.17) is 4.52 Å². The van der Waals surface area contributed by atoms with Crippen LogP contribution in [0.15, 0.2) is 34.3 Å². The van der Waals surface area contributed by atoms with Crippen LogP contribution in [0.25, 0.3) is 21.9 Å². The van der Waals surface area contributed by atoms with Crippen LogP contribution >= 0.6 is 11.3 Å². The van der Waals surface area contributed by atoms with Gasteiger partial charge in [-0.3, -0.25) is 14.2 Å². The lowest BCUT2D eigenvalue weighted by molar-refractivity contribution is -0.121. The van der Waals surface area contributed by atoms with Crippen molar-refractivity contribution in [2.45, 2.75) is 47.2 Å². The van der Waals surface area contributed by atoms with Crippen molar-refractivity contribution in [3.05, 3.63) is 52.4 Å². The summed E-state index contributed by atoms with van der Waals surface area (Å²) in [4.78, 5) is 13.4. The molecule has 0 unspecified atom stereocenters. The number of carbonyl (C=O) groups excluding carboxylic acids is 1. The van der Waals surface area contributed by atoms with Gasteiger partial charge in [-0.15, -0.1) is 11.3 Å². The van der Waals surface area contributed by atoms with E-state index >= 15 is 0 Å². The molecule has 0 saturated carbocycles. The Morgan fingerprint density at radius 1 is 1.19 bits per heavy atom. The molecule has 31 heavy (non-hydrogen) atoms. The van der Waals surface area contributed by atoms with E-state index in [0.717, 1.165) is 33.2 Å². The van der Waals surface area contributed by atoms with E-state index in [-0.39, 0.29) is 5.91 Å². The standard InChI is InChI=1S/C22H26N6O2S/c1-14-12-19(30-26-14)18-13-24-28(22(18)20-6-5-11-31-20)10-8-23-21(29)7-9-27-17(4)15(2)16(3)25-27/h5-6,11-13H,7-10H2,1-4H3,(H,23,29). The molecule has 0 aromatic carbocycles. The molecule has 9 heteroatoms. The second-order valence-corrected chi connectivity index (χ2v) is 8.51. The van der Waals surface area contributed by atoms with Gasteiger partial charge in [0.1, 0.15) is 0 Å². The Balaban J connectivity index is 1.40. The second-order valence-electron chi connectivity index (χ2n) is 7.56. The van der Waals surface area contributed by atoms with Crippen molar-refractivity contribution in [1.29, 1.82) is 0 Å². The van der Waals surface area contributed by atoms with E-state index < -0.39 is 0 Å². The number of rotatable bonds is 8. The van der Waals surface area contributed by atoms with Gasteiger partial charge < -0.3 is 9.84 Å². The van der Waals surface area contributed by atoms with Gasteiger partial charge in [-0.1, -0.05) is 11.2 Å². The van der Waals surface area contributed by atoms with Crippen LogP contribution < -0.4 is 5.32 Å². The van der Waals surface area contributed by atoms with E-state index in [1.165, 1.54) is 5.56 Å². The number of nitrogens with one attached hydrogen (secondary N) is 1. The first-order valence-electron chi connectivity index (χ1n) is 10.2. The largest absolute Gasteiger partial charge is 0.356 e. The third-order valence-electron chi connectivity index (χ3n) is 5.43.